The first-order valence-electron chi connectivity index (χ1n) is 6.42. The second-order valence-electron chi connectivity index (χ2n) is 5.26. The molecule has 0 unspecified atom stereocenters. The molecule has 0 aliphatic carbocycles. The van der Waals surface area contributed by atoms with E-state index in [1.54, 1.807) is 0 Å². The van der Waals surface area contributed by atoms with Crippen molar-refractivity contribution in [2.24, 2.45) is 0 Å². The van der Waals surface area contributed by atoms with Gasteiger partial charge in [-0.25, -0.2) is 9.78 Å². The van der Waals surface area contributed by atoms with Crippen molar-refractivity contribution in [2.75, 3.05) is 13.1 Å². The maximum Gasteiger partial charge on any atom is 0.346 e. The number of carbonyl (C=O) groups excluding carboxylic acids is 1. The molecule has 1 aromatic heterocycles. The number of hydrogen-bond donors (Lipinski definition) is 0. The first-order chi connectivity index (χ1) is 8.50. The van der Waals surface area contributed by atoms with Gasteiger partial charge in [0, 0.05) is 31.2 Å². The fraction of sp³-hybridized carbons (Fsp3) is 0.750. The molecule has 2 atom stereocenters. The Morgan fingerprint density at radius 3 is 2.56 bits per heavy atom. The summed E-state index contributed by atoms with van der Waals surface area (Å²) in [7, 11) is 0. The average Bonchev–Trinajstić information content (AvgIpc) is 2.84. The van der Waals surface area contributed by atoms with Gasteiger partial charge in [-0.2, -0.15) is 9.78 Å². The van der Waals surface area contributed by atoms with Crippen LogP contribution >= 0.6 is 0 Å². The molecule has 2 rings (SSSR count). The normalized spacial score (nSPS) is 25.7. The van der Waals surface area contributed by atoms with Gasteiger partial charge >= 0.3 is 6.03 Å². The highest BCUT2D eigenvalue weighted by molar-refractivity contribution is 5.76. The van der Waals surface area contributed by atoms with Gasteiger partial charge in [0.1, 0.15) is 12.7 Å². The van der Waals surface area contributed by atoms with E-state index in [1.165, 1.54) is 17.3 Å². The molecule has 1 amide bonds. The van der Waals surface area contributed by atoms with Crippen LogP contribution in [-0.2, 0) is 0 Å². The van der Waals surface area contributed by atoms with Gasteiger partial charge in [-0.1, -0.05) is 0 Å². The van der Waals surface area contributed by atoms with Crippen LogP contribution in [0, 0.1) is 0 Å². The molecule has 0 bridgehead atoms. The van der Waals surface area contributed by atoms with Crippen LogP contribution in [0.4, 0.5) is 4.79 Å². The van der Waals surface area contributed by atoms with Crippen LogP contribution < -0.4 is 0 Å². The monoisotopic (exact) mass is 251 g/mol. The van der Waals surface area contributed by atoms with E-state index in [4.69, 9.17) is 0 Å². The molecule has 18 heavy (non-hydrogen) atoms. The van der Waals surface area contributed by atoms with Gasteiger partial charge in [0.15, 0.2) is 0 Å². The lowest BCUT2D eigenvalue weighted by atomic mass is 10.1. The summed E-state index contributed by atoms with van der Waals surface area (Å²) < 4.78 is 1.30. The van der Waals surface area contributed by atoms with Gasteiger partial charge in [0.2, 0.25) is 0 Å². The Labute approximate surface area is 108 Å². The molecule has 1 aliphatic heterocycles. The lowest BCUT2D eigenvalue weighted by Gasteiger charge is -2.45. The molecular weight excluding hydrogens is 230 g/mol. The number of amides is 1. The summed E-state index contributed by atoms with van der Waals surface area (Å²) in [6.45, 7) is 10.3. The number of nitrogens with zero attached hydrogens (tertiary/aromatic N) is 5. The molecule has 0 spiro atoms. The van der Waals surface area contributed by atoms with Crippen molar-refractivity contribution in [3.63, 3.8) is 0 Å². The highest BCUT2D eigenvalue weighted by Gasteiger charge is 2.33. The minimum absolute atomic E-state index is 0.0877. The lowest BCUT2D eigenvalue weighted by Crippen LogP contribution is -2.60. The molecule has 1 saturated heterocycles. The molecule has 2 heterocycles. The Morgan fingerprint density at radius 2 is 2.00 bits per heavy atom. The number of carbonyl (C=O) groups is 1. The molecule has 0 N–H and O–H groups in total. The first-order valence-corrected chi connectivity index (χ1v) is 6.42. The Hall–Kier alpha value is -1.43. The van der Waals surface area contributed by atoms with Crippen LogP contribution in [0.5, 0.6) is 0 Å². The molecule has 0 aromatic carbocycles. The molecule has 100 valence electrons. The van der Waals surface area contributed by atoms with E-state index in [0.29, 0.717) is 12.1 Å². The maximum absolute atomic E-state index is 12.3. The summed E-state index contributed by atoms with van der Waals surface area (Å²) in [6.07, 6.45) is 2.84. The zero-order chi connectivity index (χ0) is 13.3. The number of aromatic nitrogens is 3. The van der Waals surface area contributed by atoms with Gasteiger partial charge in [-0.15, -0.1) is 0 Å². The van der Waals surface area contributed by atoms with Crippen molar-refractivity contribution in [3.8, 4) is 0 Å². The minimum Gasteiger partial charge on any atom is -0.317 e. The van der Waals surface area contributed by atoms with Gasteiger partial charge in [-0.3, -0.25) is 4.90 Å². The van der Waals surface area contributed by atoms with Crippen LogP contribution in [0.2, 0.25) is 0 Å². The second kappa shape index (κ2) is 5.06. The standard InChI is InChI=1S/C12H21N5O/c1-9(2)15-5-11(4)16(6-10(15)3)12(18)17-8-13-7-14-17/h7-11H,5-6H2,1-4H3/t10-,11+/m1/s1. The Bertz CT molecular complexity index is 403. The third-order valence-electron chi connectivity index (χ3n) is 3.56. The second-order valence-corrected chi connectivity index (χ2v) is 5.26. The number of rotatable bonds is 1. The highest BCUT2D eigenvalue weighted by Crippen LogP contribution is 2.18. The largest absolute Gasteiger partial charge is 0.346 e. The molecule has 6 nitrogen and oxygen atoms in total. The first kappa shape index (κ1) is 13.0. The van der Waals surface area contributed by atoms with Crippen molar-refractivity contribution in [1.82, 2.24) is 24.6 Å². The van der Waals surface area contributed by atoms with E-state index in [9.17, 15) is 4.79 Å². The molecule has 1 fully saturated rings. The maximum atomic E-state index is 12.3. The Kier molecular flexibility index (Phi) is 3.65. The van der Waals surface area contributed by atoms with Gasteiger partial charge < -0.3 is 4.90 Å². The molecule has 1 aliphatic rings. The summed E-state index contributed by atoms with van der Waals surface area (Å²) in [6, 6.07) is 0.982. The fourth-order valence-corrected chi connectivity index (χ4v) is 2.58. The van der Waals surface area contributed by atoms with Crippen LogP contribution in [-0.4, -0.2) is 61.8 Å². The van der Waals surface area contributed by atoms with E-state index in [1.807, 2.05) is 4.90 Å². The van der Waals surface area contributed by atoms with Crippen LogP contribution in [0.1, 0.15) is 27.7 Å². The van der Waals surface area contributed by atoms with Crippen LogP contribution in [0.15, 0.2) is 12.7 Å². The number of hydrogen-bond acceptors (Lipinski definition) is 4. The van der Waals surface area contributed by atoms with Gasteiger partial charge in [0.25, 0.3) is 0 Å². The van der Waals surface area contributed by atoms with E-state index in [-0.39, 0.29) is 12.1 Å². The highest BCUT2D eigenvalue weighted by atomic mass is 16.2. The van der Waals surface area contributed by atoms with E-state index in [2.05, 4.69) is 42.7 Å². The molecule has 0 saturated carbocycles. The van der Waals surface area contributed by atoms with Gasteiger partial charge in [0.05, 0.1) is 0 Å². The topological polar surface area (TPSA) is 54.3 Å². The van der Waals surface area contributed by atoms with Crippen LogP contribution in [0.25, 0.3) is 0 Å². The third kappa shape index (κ3) is 2.38. The van der Waals surface area contributed by atoms with Crippen molar-refractivity contribution in [1.29, 1.82) is 0 Å². The van der Waals surface area contributed by atoms with Gasteiger partial charge in [-0.05, 0) is 27.7 Å². The zero-order valence-electron chi connectivity index (χ0n) is 11.4. The fourth-order valence-electron chi connectivity index (χ4n) is 2.58. The van der Waals surface area contributed by atoms with Crippen molar-refractivity contribution in [2.45, 2.75) is 45.8 Å². The summed E-state index contributed by atoms with van der Waals surface area (Å²) in [5.74, 6) is 0. The van der Waals surface area contributed by atoms with Crippen LogP contribution in [0.3, 0.4) is 0 Å². The number of piperazine rings is 1. The molecule has 0 radical (unpaired) electrons. The van der Waals surface area contributed by atoms with E-state index >= 15 is 0 Å². The predicted octanol–water partition coefficient (Wildman–Crippen LogP) is 1.05. The van der Waals surface area contributed by atoms with Crippen molar-refractivity contribution >= 4 is 6.03 Å². The van der Waals surface area contributed by atoms with Crippen molar-refractivity contribution in [3.05, 3.63) is 12.7 Å². The summed E-state index contributed by atoms with van der Waals surface area (Å²) >= 11 is 0. The molecule has 6 heteroatoms. The van der Waals surface area contributed by atoms with Crippen molar-refractivity contribution < 1.29 is 4.79 Å². The Morgan fingerprint density at radius 1 is 1.28 bits per heavy atom. The quantitative estimate of drug-likeness (QED) is 0.748. The molecular formula is C12H21N5O. The summed E-state index contributed by atoms with van der Waals surface area (Å²) in [5, 5.41) is 3.91. The smallest absolute Gasteiger partial charge is 0.317 e. The predicted molar refractivity (Wildman–Crippen MR) is 68.3 cm³/mol. The minimum atomic E-state index is -0.0877. The lowest BCUT2D eigenvalue weighted by molar-refractivity contribution is 0.0428. The summed E-state index contributed by atoms with van der Waals surface area (Å²) in [4.78, 5) is 20.4. The SMILES string of the molecule is CC(C)N1C[C@H](C)N(C(=O)n2cncn2)C[C@H]1C. The van der Waals surface area contributed by atoms with E-state index in [0.717, 1.165) is 13.1 Å². The van der Waals surface area contributed by atoms with E-state index < -0.39 is 0 Å². The summed E-state index contributed by atoms with van der Waals surface area (Å²) in [5.41, 5.74) is 0. The average molecular weight is 251 g/mol. The Balaban J connectivity index is 2.10. The zero-order valence-corrected chi connectivity index (χ0v) is 11.4. The third-order valence-corrected chi connectivity index (χ3v) is 3.56. The molecule has 1 aromatic rings.